The van der Waals surface area contributed by atoms with Crippen molar-refractivity contribution in [2.75, 3.05) is 0 Å². The Morgan fingerprint density at radius 3 is 3.00 bits per heavy atom. The first-order valence-electron chi connectivity index (χ1n) is 2.99. The summed E-state index contributed by atoms with van der Waals surface area (Å²) in [6, 6.07) is 0. The lowest BCUT2D eigenvalue weighted by atomic mass is 9.77. The molecule has 0 amide bonds. The molecule has 0 unspecified atom stereocenters. The summed E-state index contributed by atoms with van der Waals surface area (Å²) in [5, 5.41) is 17.2. The quantitative estimate of drug-likeness (QED) is 0.512. The fourth-order valence-corrected chi connectivity index (χ4v) is 0.792. The summed E-state index contributed by atoms with van der Waals surface area (Å²) >= 11 is 0. The van der Waals surface area contributed by atoms with Crippen LogP contribution in [0.25, 0.3) is 0 Å². The first-order valence-corrected chi connectivity index (χ1v) is 2.99. The van der Waals surface area contributed by atoms with E-state index in [1.54, 1.807) is 6.08 Å². The fourth-order valence-electron chi connectivity index (χ4n) is 0.792. The van der Waals surface area contributed by atoms with E-state index in [1.807, 2.05) is 12.2 Å². The average Bonchev–Trinajstić information content (AvgIpc) is 2.38. The molecule has 0 spiro atoms. The molecule has 3 nitrogen and oxygen atoms in total. The van der Waals surface area contributed by atoms with Crippen molar-refractivity contribution in [1.82, 2.24) is 0 Å². The Morgan fingerprint density at radius 1 is 1.70 bits per heavy atom. The normalized spacial score (nSPS) is 15.2. The van der Waals surface area contributed by atoms with E-state index in [1.165, 1.54) is 0 Å². The van der Waals surface area contributed by atoms with E-state index in [9.17, 15) is 0 Å². The summed E-state index contributed by atoms with van der Waals surface area (Å²) in [5.74, 6) is 0. The molecule has 0 aliphatic heterocycles. The number of allylic oxidation sites excluding steroid dienone is 4. The van der Waals surface area contributed by atoms with Gasteiger partial charge in [0.25, 0.3) is 0 Å². The fraction of sp³-hybridized carbons (Fsp3) is 0.200. The van der Waals surface area contributed by atoms with Crippen molar-refractivity contribution in [3.63, 3.8) is 0 Å². The SMILES string of the molecule is O[B]OB(O)C1=CC=CC1. The van der Waals surface area contributed by atoms with Crippen LogP contribution in [0.4, 0.5) is 0 Å². The smallest absolute Gasteiger partial charge is 0.450 e. The van der Waals surface area contributed by atoms with Crippen LogP contribution in [-0.2, 0) is 4.57 Å². The number of hydrogen-bond donors (Lipinski definition) is 2. The molecule has 0 fully saturated rings. The molecule has 1 rings (SSSR count). The van der Waals surface area contributed by atoms with Gasteiger partial charge in [0.2, 0.25) is 0 Å². The van der Waals surface area contributed by atoms with E-state index in [4.69, 9.17) is 10.0 Å². The molecule has 51 valence electrons. The number of hydrogen-bond acceptors (Lipinski definition) is 3. The Bertz CT molecular complexity index is 166. The molecule has 0 saturated heterocycles. The van der Waals surface area contributed by atoms with Gasteiger partial charge in [-0.3, -0.25) is 0 Å². The summed E-state index contributed by atoms with van der Waals surface area (Å²) < 4.78 is 4.40. The maximum atomic E-state index is 9.03. The first-order chi connectivity index (χ1) is 4.84. The molecule has 0 aromatic rings. The third-order valence-corrected chi connectivity index (χ3v) is 1.31. The van der Waals surface area contributed by atoms with E-state index >= 15 is 0 Å². The Hall–Kier alpha value is -0.510. The van der Waals surface area contributed by atoms with Crippen LogP contribution in [-0.4, -0.2) is 24.9 Å². The molecule has 2 N–H and O–H groups in total. The van der Waals surface area contributed by atoms with Crippen LogP contribution in [0.15, 0.2) is 23.7 Å². The average molecular weight is 137 g/mol. The second kappa shape index (κ2) is 3.61. The van der Waals surface area contributed by atoms with Crippen LogP contribution in [0.1, 0.15) is 6.42 Å². The molecule has 0 saturated carbocycles. The van der Waals surface area contributed by atoms with Crippen molar-refractivity contribution in [1.29, 1.82) is 0 Å². The highest BCUT2D eigenvalue weighted by atomic mass is 16.5. The third kappa shape index (κ3) is 1.73. The Kier molecular flexibility index (Phi) is 2.74. The largest absolute Gasteiger partial charge is 0.473 e. The lowest BCUT2D eigenvalue weighted by molar-refractivity contribution is 0.388. The molecule has 0 atom stereocenters. The van der Waals surface area contributed by atoms with E-state index in [-0.39, 0.29) is 0 Å². The van der Waals surface area contributed by atoms with Crippen LogP contribution in [0.3, 0.4) is 0 Å². The van der Waals surface area contributed by atoms with Gasteiger partial charge in [-0.2, -0.15) is 0 Å². The van der Waals surface area contributed by atoms with Crippen molar-refractivity contribution in [2.24, 2.45) is 0 Å². The predicted octanol–water partition coefficient (Wildman–Crippen LogP) is -0.564. The number of rotatable bonds is 3. The molecule has 5 heteroatoms. The first kappa shape index (κ1) is 7.60. The van der Waals surface area contributed by atoms with Gasteiger partial charge < -0.3 is 14.6 Å². The molecule has 1 aliphatic rings. The highest BCUT2D eigenvalue weighted by Crippen LogP contribution is 2.12. The predicted molar refractivity (Wildman–Crippen MR) is 38.9 cm³/mol. The molecular formula is C5H7B2O3. The highest BCUT2D eigenvalue weighted by molar-refractivity contribution is 6.57. The van der Waals surface area contributed by atoms with Crippen molar-refractivity contribution in [3.05, 3.63) is 23.7 Å². The van der Waals surface area contributed by atoms with E-state index in [0.29, 0.717) is 14.1 Å². The van der Waals surface area contributed by atoms with Gasteiger partial charge >= 0.3 is 14.8 Å². The molecule has 1 aliphatic carbocycles. The van der Waals surface area contributed by atoms with Gasteiger partial charge in [-0.1, -0.05) is 18.2 Å². The van der Waals surface area contributed by atoms with Gasteiger partial charge in [-0.05, 0) is 11.9 Å². The van der Waals surface area contributed by atoms with Crippen molar-refractivity contribution in [3.8, 4) is 0 Å². The second-order valence-electron chi connectivity index (χ2n) is 1.97. The van der Waals surface area contributed by atoms with Crippen LogP contribution >= 0.6 is 0 Å². The maximum Gasteiger partial charge on any atom is 0.473 e. The highest BCUT2D eigenvalue weighted by Gasteiger charge is 2.18. The van der Waals surface area contributed by atoms with Gasteiger partial charge in [-0.15, -0.1) is 0 Å². The summed E-state index contributed by atoms with van der Waals surface area (Å²) in [5.41, 5.74) is 0.755. The standard InChI is InChI=1S/C5H7B2O3/c8-6-10-7(9)5-3-1-2-4-5/h1-3,8-9H,4H2. The lowest BCUT2D eigenvalue weighted by Gasteiger charge is -2.03. The molecule has 0 bridgehead atoms. The topological polar surface area (TPSA) is 49.7 Å². The summed E-state index contributed by atoms with van der Waals surface area (Å²) in [6.07, 6.45) is 6.18. The van der Waals surface area contributed by atoms with Gasteiger partial charge in [0.15, 0.2) is 0 Å². The summed E-state index contributed by atoms with van der Waals surface area (Å²) in [4.78, 5) is 0. The Balaban J connectivity index is 2.35. The zero-order chi connectivity index (χ0) is 7.40. The summed E-state index contributed by atoms with van der Waals surface area (Å²) in [7, 11) is -0.510. The van der Waals surface area contributed by atoms with E-state index in [2.05, 4.69) is 4.57 Å². The van der Waals surface area contributed by atoms with Gasteiger partial charge in [0.1, 0.15) is 0 Å². The molecular weight excluding hydrogens is 130 g/mol. The second-order valence-corrected chi connectivity index (χ2v) is 1.97. The van der Waals surface area contributed by atoms with Gasteiger partial charge in [-0.25, -0.2) is 0 Å². The van der Waals surface area contributed by atoms with E-state index in [0.717, 1.165) is 5.47 Å². The van der Waals surface area contributed by atoms with Crippen LogP contribution in [0.5, 0.6) is 0 Å². The van der Waals surface area contributed by atoms with Crippen molar-refractivity contribution < 1.29 is 14.6 Å². The van der Waals surface area contributed by atoms with Crippen LogP contribution in [0, 0.1) is 0 Å². The Labute approximate surface area is 60.5 Å². The lowest BCUT2D eigenvalue weighted by Crippen LogP contribution is -2.22. The molecule has 1 radical (unpaired) electrons. The molecule has 0 heterocycles. The van der Waals surface area contributed by atoms with Crippen LogP contribution in [0.2, 0.25) is 0 Å². The maximum absolute atomic E-state index is 9.03. The Morgan fingerprint density at radius 2 is 2.50 bits per heavy atom. The minimum Gasteiger partial charge on any atom is -0.450 e. The molecule has 0 aromatic carbocycles. The summed E-state index contributed by atoms with van der Waals surface area (Å²) in [6.45, 7) is 0. The molecule has 10 heavy (non-hydrogen) atoms. The monoisotopic (exact) mass is 137 g/mol. The zero-order valence-corrected chi connectivity index (χ0v) is 5.40. The minimum atomic E-state index is -1.00. The van der Waals surface area contributed by atoms with Gasteiger partial charge in [0.05, 0.1) is 0 Å². The third-order valence-electron chi connectivity index (χ3n) is 1.31. The van der Waals surface area contributed by atoms with Gasteiger partial charge in [0, 0.05) is 0 Å². The zero-order valence-electron chi connectivity index (χ0n) is 5.40. The van der Waals surface area contributed by atoms with Crippen molar-refractivity contribution in [2.45, 2.75) is 6.42 Å². The molecule has 0 aromatic heterocycles. The van der Waals surface area contributed by atoms with E-state index < -0.39 is 7.12 Å². The minimum absolute atomic E-state index is 0.490. The van der Waals surface area contributed by atoms with Crippen LogP contribution < -0.4 is 0 Å². The van der Waals surface area contributed by atoms with Crippen molar-refractivity contribution >= 4 is 14.8 Å².